The van der Waals surface area contributed by atoms with Crippen LogP contribution in [0, 0.1) is 17.0 Å². The number of hydrogen-bond donors (Lipinski definition) is 0. The van der Waals surface area contributed by atoms with Gasteiger partial charge in [-0.3, -0.25) is 19.9 Å². The number of aryl methyl sites for hydroxylation is 1. The Morgan fingerprint density at radius 3 is 2.64 bits per heavy atom. The van der Waals surface area contributed by atoms with E-state index >= 15 is 0 Å². The summed E-state index contributed by atoms with van der Waals surface area (Å²) in [6.07, 6.45) is 0. The monoisotopic (exact) mass is 346 g/mol. The van der Waals surface area contributed by atoms with Crippen molar-refractivity contribution in [2.24, 2.45) is 0 Å². The van der Waals surface area contributed by atoms with Crippen LogP contribution in [0.1, 0.15) is 11.5 Å². The number of piperazine rings is 1. The minimum Gasteiger partial charge on any atom is -0.485 e. The number of benzene rings is 1. The molecule has 0 spiro atoms. The summed E-state index contributed by atoms with van der Waals surface area (Å²) >= 11 is 0. The predicted octanol–water partition coefficient (Wildman–Crippen LogP) is 2.09. The summed E-state index contributed by atoms with van der Waals surface area (Å²) < 4.78 is 10.7. The molecule has 8 nitrogen and oxygen atoms in total. The van der Waals surface area contributed by atoms with Crippen molar-refractivity contribution < 1.29 is 14.2 Å². The fourth-order valence-corrected chi connectivity index (χ4v) is 2.91. The second-order valence-electron chi connectivity index (χ2n) is 6.12. The lowest BCUT2D eigenvalue weighted by Crippen LogP contribution is -2.47. The first-order chi connectivity index (χ1) is 12.1. The van der Waals surface area contributed by atoms with Crippen LogP contribution in [0.4, 0.5) is 5.69 Å². The number of aromatic nitrogens is 1. The van der Waals surface area contributed by atoms with Crippen LogP contribution in [-0.2, 0) is 6.54 Å². The van der Waals surface area contributed by atoms with Gasteiger partial charge in [0.2, 0.25) is 0 Å². The Morgan fingerprint density at radius 2 is 1.96 bits per heavy atom. The van der Waals surface area contributed by atoms with Crippen molar-refractivity contribution in [2.45, 2.75) is 13.5 Å². The minimum atomic E-state index is -0.417. The zero-order valence-corrected chi connectivity index (χ0v) is 14.3. The molecule has 0 unspecified atom stereocenters. The lowest BCUT2D eigenvalue weighted by molar-refractivity contribution is -0.385. The first kappa shape index (κ1) is 17.4. The van der Waals surface area contributed by atoms with Gasteiger partial charge < -0.3 is 9.26 Å². The molecule has 1 aliphatic rings. The van der Waals surface area contributed by atoms with E-state index in [9.17, 15) is 10.1 Å². The van der Waals surface area contributed by atoms with Gasteiger partial charge in [-0.05, 0) is 13.0 Å². The molecule has 1 fully saturated rings. The van der Waals surface area contributed by atoms with Crippen LogP contribution < -0.4 is 4.74 Å². The van der Waals surface area contributed by atoms with Crippen molar-refractivity contribution in [2.75, 3.05) is 39.3 Å². The molecule has 0 amide bonds. The van der Waals surface area contributed by atoms with Gasteiger partial charge in [-0.15, -0.1) is 0 Å². The zero-order chi connectivity index (χ0) is 17.6. The average Bonchev–Trinajstić information content (AvgIpc) is 3.01. The van der Waals surface area contributed by atoms with Gasteiger partial charge in [0.25, 0.3) is 0 Å². The maximum Gasteiger partial charge on any atom is 0.310 e. The van der Waals surface area contributed by atoms with Crippen LogP contribution >= 0.6 is 0 Å². The standard InChI is InChI=1S/C17H22N4O4/c1-14-12-15(18-25-14)13-20-8-6-19(7-9-20)10-11-24-17-5-3-2-4-16(17)21(22)23/h2-5,12H,6-11,13H2,1H3. The lowest BCUT2D eigenvalue weighted by atomic mass is 10.3. The van der Waals surface area contributed by atoms with Crippen molar-refractivity contribution in [3.63, 3.8) is 0 Å². The molecule has 134 valence electrons. The largest absolute Gasteiger partial charge is 0.485 e. The van der Waals surface area contributed by atoms with E-state index in [0.717, 1.165) is 50.7 Å². The Bertz CT molecular complexity index is 710. The molecule has 1 aromatic carbocycles. The third kappa shape index (κ3) is 4.77. The fourth-order valence-electron chi connectivity index (χ4n) is 2.91. The highest BCUT2D eigenvalue weighted by Crippen LogP contribution is 2.25. The highest BCUT2D eigenvalue weighted by Gasteiger charge is 2.19. The summed E-state index contributed by atoms with van der Waals surface area (Å²) in [5.41, 5.74) is 0.973. The molecule has 8 heteroatoms. The molecular formula is C17H22N4O4. The van der Waals surface area contributed by atoms with Gasteiger partial charge in [-0.1, -0.05) is 17.3 Å². The lowest BCUT2D eigenvalue weighted by Gasteiger charge is -2.34. The number of rotatable bonds is 7. The van der Waals surface area contributed by atoms with Gasteiger partial charge in [0.05, 0.1) is 10.6 Å². The third-order valence-corrected chi connectivity index (χ3v) is 4.25. The number of ether oxygens (including phenoxy) is 1. The Balaban J connectivity index is 1.40. The summed E-state index contributed by atoms with van der Waals surface area (Å²) in [6, 6.07) is 8.44. The molecule has 2 heterocycles. The average molecular weight is 346 g/mol. The highest BCUT2D eigenvalue weighted by atomic mass is 16.6. The summed E-state index contributed by atoms with van der Waals surface area (Å²) in [5.74, 6) is 1.16. The third-order valence-electron chi connectivity index (χ3n) is 4.25. The minimum absolute atomic E-state index is 0.00947. The molecule has 1 saturated heterocycles. The summed E-state index contributed by atoms with van der Waals surface area (Å²) in [6.45, 7) is 7.68. The normalized spacial score (nSPS) is 16.0. The van der Waals surface area contributed by atoms with Crippen molar-refractivity contribution in [3.05, 3.63) is 51.9 Å². The molecular weight excluding hydrogens is 324 g/mol. The van der Waals surface area contributed by atoms with Gasteiger partial charge in [-0.2, -0.15) is 0 Å². The van der Waals surface area contributed by atoms with E-state index in [1.807, 2.05) is 13.0 Å². The molecule has 1 aliphatic heterocycles. The van der Waals surface area contributed by atoms with Gasteiger partial charge in [0.1, 0.15) is 12.4 Å². The molecule has 3 rings (SSSR count). The second-order valence-corrected chi connectivity index (χ2v) is 6.12. The first-order valence-corrected chi connectivity index (χ1v) is 8.35. The van der Waals surface area contributed by atoms with Crippen molar-refractivity contribution in [1.29, 1.82) is 0 Å². The molecule has 2 aromatic rings. The molecule has 25 heavy (non-hydrogen) atoms. The smallest absolute Gasteiger partial charge is 0.310 e. The van der Waals surface area contributed by atoms with E-state index in [1.54, 1.807) is 18.2 Å². The van der Waals surface area contributed by atoms with Gasteiger partial charge >= 0.3 is 5.69 Å². The predicted molar refractivity (Wildman–Crippen MR) is 91.5 cm³/mol. The summed E-state index contributed by atoms with van der Waals surface area (Å²) in [5, 5.41) is 15.0. The first-order valence-electron chi connectivity index (χ1n) is 8.35. The number of nitro benzene ring substituents is 1. The van der Waals surface area contributed by atoms with Crippen LogP contribution in [0.5, 0.6) is 5.75 Å². The molecule has 0 bridgehead atoms. The van der Waals surface area contributed by atoms with Crippen LogP contribution in [-0.4, -0.2) is 59.2 Å². The quantitative estimate of drug-likeness (QED) is 0.560. The molecule has 0 atom stereocenters. The van der Waals surface area contributed by atoms with E-state index in [1.165, 1.54) is 6.07 Å². The van der Waals surface area contributed by atoms with Gasteiger partial charge in [0, 0.05) is 51.4 Å². The van der Waals surface area contributed by atoms with Crippen molar-refractivity contribution in [3.8, 4) is 5.75 Å². The molecule has 0 radical (unpaired) electrons. The maximum atomic E-state index is 11.0. The van der Waals surface area contributed by atoms with E-state index in [4.69, 9.17) is 9.26 Å². The van der Waals surface area contributed by atoms with E-state index in [-0.39, 0.29) is 5.69 Å². The van der Waals surface area contributed by atoms with E-state index in [0.29, 0.717) is 12.4 Å². The number of hydrogen-bond acceptors (Lipinski definition) is 7. The maximum absolute atomic E-state index is 11.0. The van der Waals surface area contributed by atoms with Gasteiger partial charge in [0.15, 0.2) is 5.75 Å². The summed E-state index contributed by atoms with van der Waals surface area (Å²) in [4.78, 5) is 15.2. The van der Waals surface area contributed by atoms with E-state index in [2.05, 4.69) is 15.0 Å². The Morgan fingerprint density at radius 1 is 1.24 bits per heavy atom. The highest BCUT2D eigenvalue weighted by molar-refractivity contribution is 5.45. The Kier molecular flexibility index (Phi) is 5.62. The molecule has 0 saturated carbocycles. The summed E-state index contributed by atoms with van der Waals surface area (Å²) in [7, 11) is 0. The van der Waals surface area contributed by atoms with Crippen molar-refractivity contribution in [1.82, 2.24) is 15.0 Å². The molecule has 0 aliphatic carbocycles. The van der Waals surface area contributed by atoms with Gasteiger partial charge in [-0.25, -0.2) is 0 Å². The Hall–Kier alpha value is -2.45. The Labute approximate surface area is 146 Å². The molecule has 0 N–H and O–H groups in total. The topological polar surface area (TPSA) is 84.9 Å². The van der Waals surface area contributed by atoms with Crippen LogP contribution in [0.3, 0.4) is 0 Å². The number of nitrogens with zero attached hydrogens (tertiary/aromatic N) is 4. The van der Waals surface area contributed by atoms with Crippen LogP contribution in [0.25, 0.3) is 0 Å². The van der Waals surface area contributed by atoms with E-state index < -0.39 is 4.92 Å². The molecule has 1 aromatic heterocycles. The van der Waals surface area contributed by atoms with Crippen LogP contribution in [0.15, 0.2) is 34.9 Å². The SMILES string of the molecule is Cc1cc(CN2CCN(CCOc3ccccc3[N+](=O)[O-])CC2)no1. The fraction of sp³-hybridized carbons (Fsp3) is 0.471. The second kappa shape index (κ2) is 8.09. The van der Waals surface area contributed by atoms with Crippen LogP contribution in [0.2, 0.25) is 0 Å². The zero-order valence-electron chi connectivity index (χ0n) is 14.3. The van der Waals surface area contributed by atoms with Crippen molar-refractivity contribution >= 4 is 5.69 Å². The number of para-hydroxylation sites is 2. The number of nitro groups is 1.